The molecule has 19 heavy (non-hydrogen) atoms. The van der Waals surface area contributed by atoms with Gasteiger partial charge in [-0.25, -0.2) is 4.98 Å². The first-order valence-corrected chi connectivity index (χ1v) is 7.65. The van der Waals surface area contributed by atoms with Gasteiger partial charge in [0.2, 0.25) is 0 Å². The second kappa shape index (κ2) is 5.58. The number of imidazole rings is 1. The van der Waals surface area contributed by atoms with Gasteiger partial charge < -0.3 is 10.5 Å². The number of ether oxygens (including phenoxy) is 1. The molecule has 0 bridgehead atoms. The smallest absolute Gasteiger partial charge is 0.193 e. The Bertz CT molecular complexity index is 509. The van der Waals surface area contributed by atoms with E-state index in [2.05, 4.69) is 23.0 Å². The highest BCUT2D eigenvalue weighted by Crippen LogP contribution is 2.15. The maximum atomic E-state index is 6.29. The Morgan fingerprint density at radius 2 is 2.53 bits per heavy atom. The third-order valence-corrected chi connectivity index (χ3v) is 4.46. The van der Waals surface area contributed by atoms with Gasteiger partial charge in [0.1, 0.15) is 0 Å². The molecule has 0 aromatic carbocycles. The number of aromatic nitrogens is 2. The average molecular weight is 280 g/mol. The van der Waals surface area contributed by atoms with Gasteiger partial charge in [0.25, 0.3) is 0 Å². The van der Waals surface area contributed by atoms with Crippen molar-refractivity contribution in [1.82, 2.24) is 14.3 Å². The van der Waals surface area contributed by atoms with E-state index in [1.54, 1.807) is 11.3 Å². The highest BCUT2D eigenvalue weighted by atomic mass is 32.1. The summed E-state index contributed by atoms with van der Waals surface area (Å²) in [4.78, 5) is 8.00. The summed E-state index contributed by atoms with van der Waals surface area (Å²) in [5.74, 6) is 0. The third-order valence-electron chi connectivity index (χ3n) is 3.69. The quantitative estimate of drug-likeness (QED) is 0.907. The van der Waals surface area contributed by atoms with Crippen LogP contribution in [0.4, 0.5) is 0 Å². The Labute approximate surface area is 117 Å². The van der Waals surface area contributed by atoms with E-state index in [9.17, 15) is 0 Å². The molecule has 1 saturated heterocycles. The zero-order chi connectivity index (χ0) is 13.2. The standard InChI is InChI=1S/C13H20N4OS/c1-2-16-3-5-18-12(9-16)11(14)7-10-8-17-4-6-19-13(17)15-10/h4,6,8,11-12H,2-3,5,7,9,14H2,1H3. The van der Waals surface area contributed by atoms with Crippen molar-refractivity contribution < 1.29 is 4.74 Å². The molecule has 1 aliphatic heterocycles. The average Bonchev–Trinajstić information content (AvgIpc) is 2.99. The Hall–Kier alpha value is -0.950. The summed E-state index contributed by atoms with van der Waals surface area (Å²) in [6.07, 6.45) is 4.98. The SMILES string of the molecule is CCN1CCOC(C(N)Cc2cn3ccsc3n2)C1. The zero-order valence-electron chi connectivity index (χ0n) is 11.2. The van der Waals surface area contributed by atoms with Crippen LogP contribution in [0.1, 0.15) is 12.6 Å². The molecular weight excluding hydrogens is 260 g/mol. The first-order valence-electron chi connectivity index (χ1n) is 6.77. The molecule has 5 nitrogen and oxygen atoms in total. The summed E-state index contributed by atoms with van der Waals surface area (Å²) < 4.78 is 7.85. The molecule has 2 N–H and O–H groups in total. The van der Waals surface area contributed by atoms with Crippen LogP contribution in [0.5, 0.6) is 0 Å². The van der Waals surface area contributed by atoms with Crippen molar-refractivity contribution in [2.45, 2.75) is 25.5 Å². The van der Waals surface area contributed by atoms with Crippen LogP contribution in [0.15, 0.2) is 17.8 Å². The Morgan fingerprint density at radius 3 is 3.32 bits per heavy atom. The van der Waals surface area contributed by atoms with Gasteiger partial charge in [-0.15, -0.1) is 11.3 Å². The predicted molar refractivity (Wildman–Crippen MR) is 76.6 cm³/mol. The summed E-state index contributed by atoms with van der Waals surface area (Å²) in [5.41, 5.74) is 7.34. The summed E-state index contributed by atoms with van der Waals surface area (Å²) in [6, 6.07) is 0.0129. The molecule has 3 rings (SSSR count). The lowest BCUT2D eigenvalue weighted by molar-refractivity contribution is -0.0386. The van der Waals surface area contributed by atoms with Crippen LogP contribution >= 0.6 is 11.3 Å². The fourth-order valence-corrected chi connectivity index (χ4v) is 3.24. The van der Waals surface area contributed by atoms with Gasteiger partial charge in [0.15, 0.2) is 4.96 Å². The third kappa shape index (κ3) is 2.81. The van der Waals surface area contributed by atoms with Crippen LogP contribution in [0.2, 0.25) is 0 Å². The molecule has 0 aliphatic carbocycles. The van der Waals surface area contributed by atoms with Gasteiger partial charge >= 0.3 is 0 Å². The van der Waals surface area contributed by atoms with E-state index in [0.29, 0.717) is 0 Å². The van der Waals surface area contributed by atoms with Crippen LogP contribution in [0.3, 0.4) is 0 Å². The van der Waals surface area contributed by atoms with Gasteiger partial charge in [-0.1, -0.05) is 6.92 Å². The minimum absolute atomic E-state index is 0.0129. The monoisotopic (exact) mass is 280 g/mol. The fourth-order valence-electron chi connectivity index (χ4n) is 2.53. The minimum atomic E-state index is 0.0129. The molecule has 0 spiro atoms. The largest absolute Gasteiger partial charge is 0.374 e. The Kier molecular flexibility index (Phi) is 3.83. The molecule has 0 amide bonds. The number of nitrogens with zero attached hydrogens (tertiary/aromatic N) is 3. The topological polar surface area (TPSA) is 55.8 Å². The van der Waals surface area contributed by atoms with Crippen molar-refractivity contribution in [2.24, 2.45) is 5.73 Å². The number of hydrogen-bond acceptors (Lipinski definition) is 5. The Balaban J connectivity index is 1.63. The maximum Gasteiger partial charge on any atom is 0.193 e. The van der Waals surface area contributed by atoms with Crippen molar-refractivity contribution in [3.63, 3.8) is 0 Å². The highest BCUT2D eigenvalue weighted by Gasteiger charge is 2.25. The van der Waals surface area contributed by atoms with Crippen molar-refractivity contribution in [3.05, 3.63) is 23.5 Å². The minimum Gasteiger partial charge on any atom is -0.374 e. The molecule has 3 heterocycles. The highest BCUT2D eigenvalue weighted by molar-refractivity contribution is 7.15. The summed E-state index contributed by atoms with van der Waals surface area (Å²) in [7, 11) is 0. The number of nitrogens with two attached hydrogens (primary N) is 1. The maximum absolute atomic E-state index is 6.29. The molecule has 2 aromatic heterocycles. The van der Waals surface area contributed by atoms with Crippen LogP contribution in [-0.4, -0.2) is 52.7 Å². The van der Waals surface area contributed by atoms with Gasteiger partial charge in [0.05, 0.1) is 18.4 Å². The van der Waals surface area contributed by atoms with Gasteiger partial charge in [-0.2, -0.15) is 0 Å². The molecule has 1 fully saturated rings. The number of rotatable bonds is 4. The molecule has 1 aliphatic rings. The molecule has 2 aromatic rings. The van der Waals surface area contributed by atoms with Gasteiger partial charge in [-0.05, 0) is 6.54 Å². The lowest BCUT2D eigenvalue weighted by atomic mass is 10.1. The Morgan fingerprint density at radius 1 is 1.63 bits per heavy atom. The number of thiazole rings is 1. The molecule has 0 radical (unpaired) electrons. The molecule has 0 saturated carbocycles. The zero-order valence-corrected chi connectivity index (χ0v) is 12.0. The summed E-state index contributed by atoms with van der Waals surface area (Å²) in [6.45, 7) is 5.97. The molecule has 104 valence electrons. The van der Waals surface area contributed by atoms with E-state index in [1.165, 1.54) is 0 Å². The second-order valence-electron chi connectivity index (χ2n) is 5.00. The van der Waals surface area contributed by atoms with E-state index < -0.39 is 0 Å². The lowest BCUT2D eigenvalue weighted by Gasteiger charge is -2.34. The molecule has 2 atom stereocenters. The summed E-state index contributed by atoms with van der Waals surface area (Å²) >= 11 is 1.65. The van der Waals surface area contributed by atoms with Crippen LogP contribution in [-0.2, 0) is 11.2 Å². The van der Waals surface area contributed by atoms with Crippen LogP contribution in [0, 0.1) is 0 Å². The van der Waals surface area contributed by atoms with Crippen molar-refractivity contribution in [2.75, 3.05) is 26.2 Å². The first-order chi connectivity index (χ1) is 9.26. The van der Waals surface area contributed by atoms with E-state index in [1.807, 2.05) is 16.0 Å². The van der Waals surface area contributed by atoms with Crippen molar-refractivity contribution in [1.29, 1.82) is 0 Å². The lowest BCUT2D eigenvalue weighted by Crippen LogP contribution is -2.51. The number of hydrogen-bond donors (Lipinski definition) is 1. The summed E-state index contributed by atoms with van der Waals surface area (Å²) in [5, 5.41) is 2.04. The van der Waals surface area contributed by atoms with Gasteiger partial charge in [0, 0.05) is 43.3 Å². The number of fused-ring (bicyclic) bond motifs is 1. The van der Waals surface area contributed by atoms with Crippen molar-refractivity contribution >= 4 is 16.3 Å². The predicted octanol–water partition coefficient (Wildman–Crippen LogP) is 0.986. The molecular formula is C13H20N4OS. The van der Waals surface area contributed by atoms with Gasteiger partial charge in [-0.3, -0.25) is 9.30 Å². The number of likely N-dealkylation sites (N-methyl/N-ethyl adjacent to an activating group) is 1. The van der Waals surface area contributed by atoms with E-state index in [0.717, 1.165) is 43.3 Å². The normalized spacial score (nSPS) is 22.9. The number of morpholine rings is 1. The molecule has 2 unspecified atom stereocenters. The van der Waals surface area contributed by atoms with E-state index in [4.69, 9.17) is 10.5 Å². The molecule has 6 heteroatoms. The van der Waals surface area contributed by atoms with E-state index >= 15 is 0 Å². The second-order valence-corrected chi connectivity index (χ2v) is 5.87. The first kappa shape index (κ1) is 13.1. The van der Waals surface area contributed by atoms with E-state index in [-0.39, 0.29) is 12.1 Å². The van der Waals surface area contributed by atoms with Crippen molar-refractivity contribution in [3.8, 4) is 0 Å². The van der Waals surface area contributed by atoms with Crippen LogP contribution in [0.25, 0.3) is 4.96 Å². The van der Waals surface area contributed by atoms with Crippen LogP contribution < -0.4 is 5.73 Å². The fraction of sp³-hybridized carbons (Fsp3) is 0.615.